The Morgan fingerprint density at radius 3 is 2.73 bits per heavy atom. The number of aryl methyl sites for hydroxylation is 1. The molecular formula is C15H20N4O3. The fraction of sp³-hybridized carbons (Fsp3) is 0.400. The van der Waals surface area contributed by atoms with Gasteiger partial charge in [-0.25, -0.2) is 4.98 Å². The Labute approximate surface area is 129 Å². The van der Waals surface area contributed by atoms with Gasteiger partial charge in [0.2, 0.25) is 5.82 Å². The Hall–Kier alpha value is -2.41. The van der Waals surface area contributed by atoms with E-state index < -0.39 is 0 Å². The smallest absolute Gasteiger partial charge is 0.311 e. The Kier molecular flexibility index (Phi) is 5.11. The van der Waals surface area contributed by atoms with Crippen molar-refractivity contribution in [2.45, 2.75) is 13.5 Å². The van der Waals surface area contributed by atoms with Gasteiger partial charge in [-0.05, 0) is 38.7 Å². The van der Waals surface area contributed by atoms with Crippen molar-refractivity contribution >= 4 is 11.5 Å². The van der Waals surface area contributed by atoms with Gasteiger partial charge < -0.3 is 14.2 Å². The van der Waals surface area contributed by atoms with Crippen LogP contribution in [0.15, 0.2) is 35.1 Å². The zero-order valence-corrected chi connectivity index (χ0v) is 13.0. The molecule has 118 valence electrons. The molecule has 2 aromatic heterocycles. The van der Waals surface area contributed by atoms with Crippen molar-refractivity contribution < 1.29 is 9.34 Å². The van der Waals surface area contributed by atoms with Crippen molar-refractivity contribution in [1.29, 1.82) is 0 Å². The molecule has 0 spiro atoms. The molecule has 0 radical (unpaired) electrons. The zero-order chi connectivity index (χ0) is 16.1. The van der Waals surface area contributed by atoms with Gasteiger partial charge in [-0.2, -0.15) is 0 Å². The van der Waals surface area contributed by atoms with Gasteiger partial charge in [-0.15, -0.1) is 0 Å². The van der Waals surface area contributed by atoms with E-state index in [0.717, 1.165) is 17.9 Å². The summed E-state index contributed by atoms with van der Waals surface area (Å²) in [5.74, 6) is 1.12. The quantitative estimate of drug-likeness (QED) is 0.578. The highest BCUT2D eigenvalue weighted by Gasteiger charge is 2.22. The number of rotatable bonds is 7. The van der Waals surface area contributed by atoms with Crippen LogP contribution in [0, 0.1) is 17.0 Å². The number of nitrogens with zero attached hydrogens (tertiary/aromatic N) is 4. The molecule has 22 heavy (non-hydrogen) atoms. The molecule has 0 aliphatic heterocycles. The molecule has 0 fully saturated rings. The lowest BCUT2D eigenvalue weighted by Crippen LogP contribution is -2.32. The summed E-state index contributed by atoms with van der Waals surface area (Å²) in [6.07, 6.45) is 3.24. The van der Waals surface area contributed by atoms with Gasteiger partial charge in [0.1, 0.15) is 5.76 Å². The average Bonchev–Trinajstić information content (AvgIpc) is 2.96. The van der Waals surface area contributed by atoms with Gasteiger partial charge in [0.05, 0.1) is 17.7 Å². The number of furan rings is 1. The molecule has 0 amide bonds. The summed E-state index contributed by atoms with van der Waals surface area (Å²) in [6, 6.07) is 5.20. The molecule has 0 bridgehead atoms. The number of aromatic nitrogens is 1. The molecule has 0 unspecified atom stereocenters. The minimum Gasteiger partial charge on any atom is -0.467 e. The van der Waals surface area contributed by atoms with Gasteiger partial charge in [-0.3, -0.25) is 10.1 Å². The van der Waals surface area contributed by atoms with Gasteiger partial charge >= 0.3 is 5.69 Å². The second-order valence-corrected chi connectivity index (χ2v) is 5.42. The summed E-state index contributed by atoms with van der Waals surface area (Å²) < 4.78 is 5.36. The summed E-state index contributed by atoms with van der Waals surface area (Å²) in [4.78, 5) is 19.1. The molecular weight excluding hydrogens is 284 g/mol. The summed E-state index contributed by atoms with van der Waals surface area (Å²) in [5.41, 5.74) is 0.784. The van der Waals surface area contributed by atoms with Crippen LogP contribution in [0.4, 0.5) is 11.5 Å². The highest BCUT2D eigenvalue weighted by atomic mass is 16.6. The van der Waals surface area contributed by atoms with Crippen molar-refractivity contribution in [3.05, 3.63) is 52.1 Å². The van der Waals surface area contributed by atoms with Gasteiger partial charge in [0, 0.05) is 25.4 Å². The minimum atomic E-state index is -0.389. The molecule has 0 N–H and O–H groups in total. The topological polar surface area (TPSA) is 75.7 Å². The monoisotopic (exact) mass is 304 g/mol. The SMILES string of the molecule is Cc1cnc(N(CCN(C)C)Cc2ccco2)c([N+](=O)[O-])c1. The van der Waals surface area contributed by atoms with E-state index in [9.17, 15) is 10.1 Å². The third-order valence-electron chi connectivity index (χ3n) is 3.22. The van der Waals surface area contributed by atoms with Crippen LogP contribution < -0.4 is 4.90 Å². The van der Waals surface area contributed by atoms with Crippen LogP contribution in [-0.2, 0) is 6.54 Å². The van der Waals surface area contributed by atoms with E-state index in [2.05, 4.69) is 4.98 Å². The number of nitro groups is 1. The van der Waals surface area contributed by atoms with E-state index in [4.69, 9.17) is 4.42 Å². The number of hydrogen-bond acceptors (Lipinski definition) is 6. The van der Waals surface area contributed by atoms with Crippen LogP contribution in [0.3, 0.4) is 0 Å². The molecule has 7 heteroatoms. The molecule has 0 saturated carbocycles. The standard InChI is InChI=1S/C15H20N4O3/c1-12-9-14(19(20)21)15(16-10-12)18(7-6-17(2)3)11-13-5-4-8-22-13/h4-5,8-10H,6-7,11H2,1-3H3. The third kappa shape index (κ3) is 4.05. The maximum Gasteiger partial charge on any atom is 0.311 e. The van der Waals surface area contributed by atoms with E-state index in [1.54, 1.807) is 31.5 Å². The van der Waals surface area contributed by atoms with Gasteiger partial charge in [0.25, 0.3) is 0 Å². The van der Waals surface area contributed by atoms with Crippen LogP contribution in [0.25, 0.3) is 0 Å². The average molecular weight is 304 g/mol. The van der Waals surface area contributed by atoms with Crippen LogP contribution >= 0.6 is 0 Å². The predicted octanol–water partition coefficient (Wildman–Crippen LogP) is 2.46. The first-order valence-electron chi connectivity index (χ1n) is 7.00. The predicted molar refractivity (Wildman–Crippen MR) is 83.9 cm³/mol. The van der Waals surface area contributed by atoms with E-state index in [-0.39, 0.29) is 10.6 Å². The molecule has 0 aliphatic rings. The Bertz CT molecular complexity index is 626. The Morgan fingerprint density at radius 2 is 2.14 bits per heavy atom. The normalized spacial score (nSPS) is 10.9. The zero-order valence-electron chi connectivity index (χ0n) is 13.0. The fourth-order valence-electron chi connectivity index (χ4n) is 2.10. The first kappa shape index (κ1) is 16.0. The highest BCUT2D eigenvalue weighted by molar-refractivity contribution is 5.58. The van der Waals surface area contributed by atoms with Gasteiger partial charge in [-0.1, -0.05) is 0 Å². The van der Waals surface area contributed by atoms with Crippen molar-refractivity contribution in [3.63, 3.8) is 0 Å². The largest absolute Gasteiger partial charge is 0.467 e. The molecule has 2 rings (SSSR count). The maximum absolute atomic E-state index is 11.3. The molecule has 0 aromatic carbocycles. The first-order chi connectivity index (χ1) is 10.5. The van der Waals surface area contributed by atoms with Gasteiger partial charge in [0.15, 0.2) is 0 Å². The lowest BCUT2D eigenvalue weighted by Gasteiger charge is -2.24. The van der Waals surface area contributed by atoms with Crippen LogP contribution in [0.2, 0.25) is 0 Å². The van der Waals surface area contributed by atoms with E-state index in [0.29, 0.717) is 18.9 Å². The minimum absolute atomic E-state index is 0.0188. The third-order valence-corrected chi connectivity index (χ3v) is 3.22. The molecule has 0 atom stereocenters. The summed E-state index contributed by atoms with van der Waals surface area (Å²) in [6.45, 7) is 3.61. The van der Waals surface area contributed by atoms with Crippen molar-refractivity contribution in [1.82, 2.24) is 9.88 Å². The Balaban J connectivity index is 2.33. The summed E-state index contributed by atoms with van der Waals surface area (Å²) in [7, 11) is 3.92. The van der Waals surface area contributed by atoms with Crippen molar-refractivity contribution in [3.8, 4) is 0 Å². The summed E-state index contributed by atoms with van der Waals surface area (Å²) in [5, 5.41) is 11.3. The Morgan fingerprint density at radius 1 is 1.36 bits per heavy atom. The fourth-order valence-corrected chi connectivity index (χ4v) is 2.10. The lowest BCUT2D eigenvalue weighted by molar-refractivity contribution is -0.384. The number of pyridine rings is 1. The molecule has 2 heterocycles. The number of hydrogen-bond donors (Lipinski definition) is 0. The lowest BCUT2D eigenvalue weighted by atomic mass is 10.2. The molecule has 0 saturated heterocycles. The summed E-state index contributed by atoms with van der Waals surface area (Å²) >= 11 is 0. The maximum atomic E-state index is 11.3. The number of anilines is 1. The van der Waals surface area contributed by atoms with E-state index in [1.165, 1.54) is 0 Å². The van der Waals surface area contributed by atoms with Crippen LogP contribution in [0.5, 0.6) is 0 Å². The van der Waals surface area contributed by atoms with Crippen LogP contribution in [0.1, 0.15) is 11.3 Å². The van der Waals surface area contributed by atoms with E-state index in [1.807, 2.05) is 30.0 Å². The molecule has 2 aromatic rings. The van der Waals surface area contributed by atoms with Crippen LogP contribution in [-0.4, -0.2) is 42.0 Å². The highest BCUT2D eigenvalue weighted by Crippen LogP contribution is 2.27. The first-order valence-corrected chi connectivity index (χ1v) is 7.00. The van der Waals surface area contributed by atoms with E-state index >= 15 is 0 Å². The van der Waals surface area contributed by atoms with Crippen molar-refractivity contribution in [2.24, 2.45) is 0 Å². The second kappa shape index (κ2) is 7.04. The van der Waals surface area contributed by atoms with Crippen molar-refractivity contribution in [2.75, 3.05) is 32.1 Å². The molecule has 0 aliphatic carbocycles. The second-order valence-electron chi connectivity index (χ2n) is 5.42. The molecule has 7 nitrogen and oxygen atoms in total. The number of likely N-dealkylation sites (N-methyl/N-ethyl adjacent to an activating group) is 1.